The molecule has 13 heteroatoms. The predicted molar refractivity (Wildman–Crippen MR) is 156 cm³/mol. The molecule has 6 rings (SSSR count). The number of ether oxygens (including phenoxy) is 1. The van der Waals surface area contributed by atoms with E-state index in [1.54, 1.807) is 12.3 Å². The van der Waals surface area contributed by atoms with Crippen LogP contribution < -0.4 is 21.1 Å². The van der Waals surface area contributed by atoms with E-state index in [9.17, 15) is 4.79 Å². The molecule has 1 saturated carbocycles. The first-order valence-corrected chi connectivity index (χ1v) is 12.6. The minimum atomic E-state index is -0.684. The molecule has 3 heterocycles. The van der Waals surface area contributed by atoms with Crippen LogP contribution in [0.2, 0.25) is 5.02 Å². The molecule has 0 saturated heterocycles. The molecule has 1 fully saturated rings. The highest BCUT2D eigenvalue weighted by Crippen LogP contribution is 2.37. The van der Waals surface area contributed by atoms with E-state index >= 15 is 0 Å². The van der Waals surface area contributed by atoms with Gasteiger partial charge >= 0.3 is 0 Å². The second kappa shape index (κ2) is 11.3. The Labute approximate surface area is 239 Å². The van der Waals surface area contributed by atoms with Gasteiger partial charge in [0.1, 0.15) is 23.3 Å². The zero-order chi connectivity index (χ0) is 24.7. The summed E-state index contributed by atoms with van der Waals surface area (Å²) in [6.07, 6.45) is 6.70. The Morgan fingerprint density at radius 2 is 2.00 bits per heavy atom. The Hall–Kier alpha value is -3.15. The molecule has 0 radical (unpaired) electrons. The number of anilines is 2. The molecule has 0 atom stereocenters. The van der Waals surface area contributed by atoms with Gasteiger partial charge in [0.25, 0.3) is 0 Å². The fourth-order valence-electron chi connectivity index (χ4n) is 4.01. The van der Waals surface area contributed by atoms with Gasteiger partial charge in [0.2, 0.25) is 5.91 Å². The van der Waals surface area contributed by atoms with Crippen molar-refractivity contribution in [3.8, 4) is 11.5 Å². The van der Waals surface area contributed by atoms with E-state index in [0.717, 1.165) is 39.6 Å². The van der Waals surface area contributed by atoms with Crippen molar-refractivity contribution in [1.82, 2.24) is 24.2 Å². The van der Waals surface area contributed by atoms with Crippen LogP contribution in [-0.4, -0.2) is 36.9 Å². The number of benzene rings is 2. The zero-order valence-corrected chi connectivity index (χ0v) is 23.1. The van der Waals surface area contributed by atoms with Crippen LogP contribution in [0.3, 0.4) is 0 Å². The number of hydrogen-bond donors (Lipinski definition) is 3. The van der Waals surface area contributed by atoms with Crippen LogP contribution in [0.25, 0.3) is 21.1 Å². The normalized spacial score (nSPS) is 13.4. The summed E-state index contributed by atoms with van der Waals surface area (Å²) in [5, 5.41) is 7.66. The summed E-state index contributed by atoms with van der Waals surface area (Å²) in [4.78, 5) is 21.0. The summed E-state index contributed by atoms with van der Waals surface area (Å²) in [7, 11) is 0. The number of fused-ring (bicyclic) bond motifs is 2. The predicted octanol–water partition coefficient (Wildman–Crippen LogP) is 5.68. The van der Waals surface area contributed by atoms with Crippen molar-refractivity contribution in [3.05, 3.63) is 66.2 Å². The monoisotopic (exact) mass is 591 g/mol. The Kier molecular flexibility index (Phi) is 8.29. The van der Waals surface area contributed by atoms with E-state index in [1.807, 2.05) is 47.2 Å². The lowest BCUT2D eigenvalue weighted by atomic mass is 10.2. The number of halogens is 3. The third kappa shape index (κ3) is 5.50. The van der Waals surface area contributed by atoms with Crippen LogP contribution in [0.4, 0.5) is 11.5 Å². The molecular formula is C25H24Cl3N7O2S. The Balaban J connectivity index is 0.00000168. The van der Waals surface area contributed by atoms with E-state index in [0.29, 0.717) is 35.4 Å². The van der Waals surface area contributed by atoms with Crippen LogP contribution in [0.15, 0.2) is 61.2 Å². The van der Waals surface area contributed by atoms with Gasteiger partial charge in [-0.2, -0.15) is 4.37 Å². The van der Waals surface area contributed by atoms with Crippen LogP contribution in [-0.2, 0) is 11.3 Å². The van der Waals surface area contributed by atoms with Crippen LogP contribution in [0.1, 0.15) is 12.8 Å². The van der Waals surface area contributed by atoms with E-state index in [2.05, 4.69) is 25.0 Å². The molecule has 0 spiro atoms. The quantitative estimate of drug-likeness (QED) is 0.212. The number of nitrogens with zero attached hydrogens (tertiary/aromatic N) is 4. The highest BCUT2D eigenvalue weighted by atomic mass is 35.5. The van der Waals surface area contributed by atoms with Gasteiger partial charge < -0.3 is 25.7 Å². The summed E-state index contributed by atoms with van der Waals surface area (Å²) in [5.41, 5.74) is 7.65. The van der Waals surface area contributed by atoms with Crippen molar-refractivity contribution in [1.29, 1.82) is 0 Å². The molecular weight excluding hydrogens is 569 g/mol. The average Bonchev–Trinajstić information content (AvgIpc) is 3.27. The Bertz CT molecular complexity index is 1600. The third-order valence-corrected chi connectivity index (χ3v) is 7.26. The second-order valence-corrected chi connectivity index (χ2v) is 9.98. The summed E-state index contributed by atoms with van der Waals surface area (Å²) in [6.45, 7) is 1.02. The lowest BCUT2D eigenvalue weighted by Crippen LogP contribution is -2.43. The van der Waals surface area contributed by atoms with Gasteiger partial charge in [0.05, 0.1) is 32.4 Å². The van der Waals surface area contributed by atoms with Crippen molar-refractivity contribution in [3.63, 3.8) is 0 Å². The van der Waals surface area contributed by atoms with Crippen molar-refractivity contribution >= 4 is 86.5 Å². The van der Waals surface area contributed by atoms with Crippen molar-refractivity contribution in [2.24, 2.45) is 5.73 Å². The van der Waals surface area contributed by atoms with Crippen LogP contribution in [0, 0.1) is 0 Å². The summed E-state index contributed by atoms with van der Waals surface area (Å²) < 4.78 is 13.4. The van der Waals surface area contributed by atoms with Crippen LogP contribution in [0.5, 0.6) is 11.5 Å². The van der Waals surface area contributed by atoms with Gasteiger partial charge in [-0.3, -0.25) is 4.79 Å². The molecule has 2 aromatic carbocycles. The highest BCUT2D eigenvalue weighted by Gasteiger charge is 2.45. The van der Waals surface area contributed by atoms with Crippen molar-refractivity contribution in [2.75, 3.05) is 11.9 Å². The van der Waals surface area contributed by atoms with E-state index in [4.69, 9.17) is 22.1 Å². The smallest absolute Gasteiger partial charge is 0.240 e. The molecule has 9 nitrogen and oxygen atoms in total. The average molecular weight is 593 g/mol. The van der Waals surface area contributed by atoms with Crippen LogP contribution >= 0.6 is 47.9 Å². The number of aromatic nitrogens is 4. The molecule has 3 aromatic heterocycles. The van der Waals surface area contributed by atoms with Gasteiger partial charge in [-0.1, -0.05) is 17.7 Å². The second-order valence-electron chi connectivity index (χ2n) is 8.74. The minimum Gasteiger partial charge on any atom is -0.455 e. The van der Waals surface area contributed by atoms with E-state index in [-0.39, 0.29) is 30.7 Å². The zero-order valence-electron chi connectivity index (χ0n) is 19.9. The SMILES string of the molecule is Cl.Cl.NC1(C(=O)NCCn2ccc3ncnc(Nc4ccc(Oc5cccc6sncc56)c(Cl)c4)c32)CC1. The number of nitrogens with one attached hydrogen (secondary N) is 2. The third-order valence-electron chi connectivity index (χ3n) is 6.20. The largest absolute Gasteiger partial charge is 0.455 e. The van der Waals surface area contributed by atoms with Crippen molar-refractivity contribution < 1.29 is 9.53 Å². The minimum absolute atomic E-state index is 0. The topological polar surface area (TPSA) is 120 Å². The maximum Gasteiger partial charge on any atom is 0.240 e. The standard InChI is InChI=1S/C25H22ClN7O2S.2ClH/c26-17-12-15(4-5-20(17)35-19-2-1-3-21-16(19)13-31-36-21)32-23-22-18(29-14-30-23)6-10-33(22)11-9-28-24(34)25(27)7-8-25;;/h1-6,10,12-14H,7-9,11,27H2,(H,28,34)(H,29,30,32);2*1H. The number of hydrogen-bond acceptors (Lipinski definition) is 8. The maximum atomic E-state index is 12.1. The number of rotatable bonds is 8. The lowest BCUT2D eigenvalue weighted by molar-refractivity contribution is -0.123. The molecule has 4 N–H and O–H groups in total. The first-order valence-electron chi connectivity index (χ1n) is 11.4. The van der Waals surface area contributed by atoms with E-state index in [1.165, 1.54) is 17.9 Å². The van der Waals surface area contributed by atoms with Gasteiger partial charge in [-0.25, -0.2) is 9.97 Å². The van der Waals surface area contributed by atoms with E-state index < -0.39 is 5.54 Å². The first kappa shape index (κ1) is 27.9. The van der Waals surface area contributed by atoms with Gasteiger partial charge in [0.15, 0.2) is 5.82 Å². The summed E-state index contributed by atoms with van der Waals surface area (Å²) >= 11 is 7.99. The number of carbonyl (C=O) groups is 1. The fourth-order valence-corrected chi connectivity index (χ4v) is 4.89. The fraction of sp³-hybridized carbons (Fsp3) is 0.200. The number of carbonyl (C=O) groups excluding carboxylic acids is 1. The molecule has 198 valence electrons. The lowest BCUT2D eigenvalue weighted by Gasteiger charge is -2.14. The molecule has 0 bridgehead atoms. The van der Waals surface area contributed by atoms with Crippen molar-refractivity contribution in [2.45, 2.75) is 24.9 Å². The number of nitrogens with two attached hydrogens (primary N) is 1. The van der Waals surface area contributed by atoms with Gasteiger partial charge in [0, 0.05) is 25.0 Å². The summed E-state index contributed by atoms with van der Waals surface area (Å²) in [6, 6.07) is 13.2. The molecule has 0 unspecified atom stereocenters. The molecule has 0 aliphatic heterocycles. The highest BCUT2D eigenvalue weighted by molar-refractivity contribution is 7.13. The number of amides is 1. The first-order chi connectivity index (χ1) is 17.5. The molecule has 1 amide bonds. The Morgan fingerprint density at radius 1 is 1.16 bits per heavy atom. The molecule has 1 aliphatic carbocycles. The van der Waals surface area contributed by atoms with Gasteiger partial charge in [-0.15, -0.1) is 24.8 Å². The molecule has 1 aliphatic rings. The Morgan fingerprint density at radius 3 is 2.79 bits per heavy atom. The molecule has 38 heavy (non-hydrogen) atoms. The summed E-state index contributed by atoms with van der Waals surface area (Å²) in [5.74, 6) is 1.78. The van der Waals surface area contributed by atoms with Gasteiger partial charge in [-0.05, 0) is 60.8 Å². The maximum absolute atomic E-state index is 12.1. The molecule has 5 aromatic rings.